The SMILES string of the molecule is CC(C)C(CBr)NC(=O)c1cnns1. The number of nitrogens with one attached hydrogen (secondary N) is 1. The average Bonchev–Trinajstić information content (AvgIpc) is 2.65. The molecule has 6 heteroatoms. The first-order valence-electron chi connectivity index (χ1n) is 4.29. The van der Waals surface area contributed by atoms with Crippen LogP contribution in [-0.4, -0.2) is 26.9 Å². The highest BCUT2D eigenvalue weighted by molar-refractivity contribution is 9.09. The van der Waals surface area contributed by atoms with Crippen molar-refractivity contribution in [1.82, 2.24) is 14.9 Å². The molecule has 0 radical (unpaired) electrons. The van der Waals surface area contributed by atoms with Gasteiger partial charge in [0.25, 0.3) is 5.91 Å². The van der Waals surface area contributed by atoms with Gasteiger partial charge in [-0.3, -0.25) is 4.79 Å². The predicted octanol–water partition coefficient (Wildman–Crippen LogP) is 1.69. The van der Waals surface area contributed by atoms with Crippen molar-refractivity contribution in [2.45, 2.75) is 19.9 Å². The zero-order valence-corrected chi connectivity index (χ0v) is 10.4. The summed E-state index contributed by atoms with van der Waals surface area (Å²) in [6.07, 6.45) is 1.48. The molecule has 1 amide bonds. The Morgan fingerprint density at radius 3 is 2.86 bits per heavy atom. The fourth-order valence-electron chi connectivity index (χ4n) is 0.890. The lowest BCUT2D eigenvalue weighted by molar-refractivity contribution is 0.0935. The summed E-state index contributed by atoms with van der Waals surface area (Å²) in [6.45, 7) is 4.13. The van der Waals surface area contributed by atoms with E-state index in [0.717, 1.165) is 16.9 Å². The molecule has 1 N–H and O–H groups in total. The molecule has 78 valence electrons. The molecule has 0 aliphatic carbocycles. The van der Waals surface area contributed by atoms with Crippen molar-refractivity contribution < 1.29 is 4.79 Å². The number of alkyl halides is 1. The Hall–Kier alpha value is -0.490. The number of halogens is 1. The van der Waals surface area contributed by atoms with E-state index in [-0.39, 0.29) is 11.9 Å². The Morgan fingerprint density at radius 1 is 1.71 bits per heavy atom. The number of hydrogen-bond acceptors (Lipinski definition) is 4. The average molecular weight is 278 g/mol. The van der Waals surface area contributed by atoms with Gasteiger partial charge in [0, 0.05) is 11.4 Å². The Morgan fingerprint density at radius 2 is 2.43 bits per heavy atom. The Kier molecular flexibility index (Phi) is 4.47. The van der Waals surface area contributed by atoms with Gasteiger partial charge in [0.1, 0.15) is 4.88 Å². The molecule has 0 aliphatic rings. The second-order valence-corrected chi connectivity index (χ2v) is 4.69. The van der Waals surface area contributed by atoms with Gasteiger partial charge in [0.2, 0.25) is 0 Å². The lowest BCUT2D eigenvalue weighted by Crippen LogP contribution is -2.39. The first-order chi connectivity index (χ1) is 6.65. The van der Waals surface area contributed by atoms with Crippen molar-refractivity contribution in [3.05, 3.63) is 11.1 Å². The number of rotatable bonds is 4. The monoisotopic (exact) mass is 277 g/mol. The van der Waals surface area contributed by atoms with Crippen molar-refractivity contribution in [3.63, 3.8) is 0 Å². The van der Waals surface area contributed by atoms with E-state index in [9.17, 15) is 4.79 Å². The maximum atomic E-state index is 11.6. The van der Waals surface area contributed by atoms with Gasteiger partial charge in [-0.25, -0.2) is 0 Å². The van der Waals surface area contributed by atoms with Crippen LogP contribution in [0.1, 0.15) is 23.5 Å². The van der Waals surface area contributed by atoms with Crippen LogP contribution in [0.5, 0.6) is 0 Å². The van der Waals surface area contributed by atoms with E-state index in [1.807, 2.05) is 0 Å². The fourth-order valence-corrected chi connectivity index (χ4v) is 2.22. The lowest BCUT2D eigenvalue weighted by Gasteiger charge is -2.18. The molecule has 0 aliphatic heterocycles. The number of carbonyl (C=O) groups excluding carboxylic acids is 1. The summed E-state index contributed by atoms with van der Waals surface area (Å²) in [5.74, 6) is 0.303. The third-order valence-corrected chi connectivity index (χ3v) is 3.23. The molecule has 0 aromatic carbocycles. The Balaban J connectivity index is 2.56. The van der Waals surface area contributed by atoms with E-state index in [1.54, 1.807) is 0 Å². The third-order valence-electron chi connectivity index (χ3n) is 1.87. The third kappa shape index (κ3) is 3.02. The highest BCUT2D eigenvalue weighted by atomic mass is 79.9. The van der Waals surface area contributed by atoms with Gasteiger partial charge in [-0.1, -0.05) is 34.3 Å². The highest BCUT2D eigenvalue weighted by Crippen LogP contribution is 2.08. The Labute approximate surface area is 95.4 Å². The number of nitrogens with zero attached hydrogens (tertiary/aromatic N) is 2. The molecule has 0 bridgehead atoms. The molecule has 1 atom stereocenters. The van der Waals surface area contributed by atoms with Crippen LogP contribution < -0.4 is 5.32 Å². The van der Waals surface area contributed by atoms with Crippen molar-refractivity contribution in [3.8, 4) is 0 Å². The molecular weight excluding hydrogens is 266 g/mol. The zero-order chi connectivity index (χ0) is 10.6. The number of aromatic nitrogens is 2. The van der Waals surface area contributed by atoms with Gasteiger partial charge in [-0.05, 0) is 17.5 Å². The molecule has 0 saturated carbocycles. The van der Waals surface area contributed by atoms with Crippen LogP contribution in [0.2, 0.25) is 0 Å². The standard InChI is InChI=1S/C8H12BrN3OS/c1-5(2)6(3-9)11-8(13)7-4-10-12-14-7/h4-6H,3H2,1-2H3,(H,11,13). The molecule has 1 rings (SSSR count). The molecular formula is C8H12BrN3OS. The largest absolute Gasteiger partial charge is 0.347 e. The van der Waals surface area contributed by atoms with Crippen LogP contribution in [0.4, 0.5) is 0 Å². The molecule has 1 aromatic heterocycles. The van der Waals surface area contributed by atoms with Gasteiger partial charge in [0.15, 0.2) is 0 Å². The summed E-state index contributed by atoms with van der Waals surface area (Å²) in [4.78, 5) is 12.1. The second-order valence-electron chi connectivity index (χ2n) is 3.26. The maximum Gasteiger partial charge on any atom is 0.264 e. The van der Waals surface area contributed by atoms with Crippen molar-refractivity contribution in [1.29, 1.82) is 0 Å². The number of carbonyl (C=O) groups is 1. The van der Waals surface area contributed by atoms with Crippen molar-refractivity contribution in [2.75, 3.05) is 5.33 Å². The van der Waals surface area contributed by atoms with E-state index in [0.29, 0.717) is 10.8 Å². The fraction of sp³-hybridized carbons (Fsp3) is 0.625. The van der Waals surface area contributed by atoms with Gasteiger partial charge >= 0.3 is 0 Å². The summed E-state index contributed by atoms with van der Waals surface area (Å²) in [7, 11) is 0. The summed E-state index contributed by atoms with van der Waals surface area (Å²) in [6, 6.07) is 0.143. The van der Waals surface area contributed by atoms with Crippen LogP contribution in [-0.2, 0) is 0 Å². The van der Waals surface area contributed by atoms with Gasteiger partial charge < -0.3 is 5.32 Å². The molecule has 1 aromatic rings. The summed E-state index contributed by atoms with van der Waals surface area (Å²) < 4.78 is 3.64. The van der Waals surface area contributed by atoms with Crippen molar-refractivity contribution >= 4 is 33.4 Å². The molecule has 0 saturated heterocycles. The van der Waals surface area contributed by atoms with Crippen LogP contribution in [0, 0.1) is 5.92 Å². The minimum absolute atomic E-state index is 0.0989. The predicted molar refractivity (Wildman–Crippen MR) is 59.8 cm³/mol. The van der Waals surface area contributed by atoms with E-state index in [1.165, 1.54) is 6.20 Å². The quantitative estimate of drug-likeness (QED) is 0.853. The summed E-state index contributed by atoms with van der Waals surface area (Å²) >= 11 is 4.47. The van der Waals surface area contributed by atoms with E-state index >= 15 is 0 Å². The van der Waals surface area contributed by atoms with E-state index < -0.39 is 0 Å². The number of hydrogen-bond donors (Lipinski definition) is 1. The molecule has 1 heterocycles. The topological polar surface area (TPSA) is 54.9 Å². The molecule has 0 spiro atoms. The number of amides is 1. The van der Waals surface area contributed by atoms with Crippen LogP contribution in [0.3, 0.4) is 0 Å². The first-order valence-corrected chi connectivity index (χ1v) is 6.18. The Bertz CT molecular complexity index is 289. The lowest BCUT2D eigenvalue weighted by atomic mass is 10.1. The maximum absolute atomic E-state index is 11.6. The molecule has 14 heavy (non-hydrogen) atoms. The smallest absolute Gasteiger partial charge is 0.264 e. The van der Waals surface area contributed by atoms with E-state index in [2.05, 4.69) is 44.7 Å². The normalized spacial score (nSPS) is 12.9. The van der Waals surface area contributed by atoms with Gasteiger partial charge in [0.05, 0.1) is 6.20 Å². The van der Waals surface area contributed by atoms with Crippen molar-refractivity contribution in [2.24, 2.45) is 5.92 Å². The minimum atomic E-state index is -0.0989. The van der Waals surface area contributed by atoms with Crippen LogP contribution in [0.25, 0.3) is 0 Å². The summed E-state index contributed by atoms with van der Waals surface area (Å²) in [5, 5.41) is 7.28. The molecule has 0 fully saturated rings. The zero-order valence-electron chi connectivity index (χ0n) is 8.03. The van der Waals surface area contributed by atoms with Crippen LogP contribution >= 0.6 is 27.5 Å². The van der Waals surface area contributed by atoms with Gasteiger partial charge in [-0.15, -0.1) is 5.10 Å². The minimum Gasteiger partial charge on any atom is -0.347 e. The highest BCUT2D eigenvalue weighted by Gasteiger charge is 2.16. The first kappa shape index (κ1) is 11.6. The van der Waals surface area contributed by atoms with Crippen LogP contribution in [0.15, 0.2) is 6.20 Å². The van der Waals surface area contributed by atoms with E-state index in [4.69, 9.17) is 0 Å². The molecule has 1 unspecified atom stereocenters. The van der Waals surface area contributed by atoms with Gasteiger partial charge in [-0.2, -0.15) is 0 Å². The molecule has 4 nitrogen and oxygen atoms in total. The second kappa shape index (κ2) is 5.41. The summed E-state index contributed by atoms with van der Waals surface area (Å²) in [5.41, 5.74) is 0.